The molecule has 1 saturated carbocycles. The van der Waals surface area contributed by atoms with Gasteiger partial charge < -0.3 is 9.84 Å². The van der Waals surface area contributed by atoms with E-state index in [4.69, 9.17) is 9.84 Å². The van der Waals surface area contributed by atoms with Gasteiger partial charge in [-0.05, 0) is 50.3 Å². The van der Waals surface area contributed by atoms with Crippen molar-refractivity contribution < 1.29 is 9.84 Å². The molecule has 0 bridgehead atoms. The molecule has 1 aliphatic carbocycles. The van der Waals surface area contributed by atoms with Crippen molar-refractivity contribution >= 4 is 0 Å². The minimum Gasteiger partial charge on any atom is -0.439 e. The first-order chi connectivity index (χ1) is 15.5. The van der Waals surface area contributed by atoms with E-state index in [1.807, 2.05) is 54.2 Å². The van der Waals surface area contributed by atoms with Crippen LogP contribution in [0.3, 0.4) is 0 Å². The Hall–Kier alpha value is -2.89. The van der Waals surface area contributed by atoms with Crippen LogP contribution in [-0.4, -0.2) is 38.5 Å². The molecule has 32 heavy (non-hydrogen) atoms. The minimum atomic E-state index is -0.369. The van der Waals surface area contributed by atoms with Gasteiger partial charge in [0.1, 0.15) is 11.4 Å². The Balaban J connectivity index is 1.68. The van der Waals surface area contributed by atoms with Gasteiger partial charge in [-0.15, -0.1) is 6.58 Å². The average Bonchev–Trinajstić information content (AvgIpc) is 3.59. The molecule has 4 rings (SSSR count). The van der Waals surface area contributed by atoms with E-state index >= 15 is 0 Å². The van der Waals surface area contributed by atoms with E-state index in [1.54, 1.807) is 0 Å². The lowest BCUT2D eigenvalue weighted by molar-refractivity contribution is 0.0976. The number of aliphatic hydroxyl groups is 1. The molecule has 5 heteroatoms. The van der Waals surface area contributed by atoms with E-state index < -0.39 is 0 Å². The zero-order valence-corrected chi connectivity index (χ0v) is 19.1. The standard InChI is InChI=1S/C27H33N3O2/c1-4-5-13-23(31)18-30(22-15-16-22)19-25-26(21-11-7-6-8-12-21)28-29(3)27(25)32-24-14-9-10-20(2)17-24/h4,6-12,14,17,22-23,31H,1,5,13,15-16,18-19H2,2-3H3/t23-/m1/s1. The summed E-state index contributed by atoms with van der Waals surface area (Å²) in [5.41, 5.74) is 4.21. The molecule has 0 saturated heterocycles. The summed E-state index contributed by atoms with van der Waals surface area (Å²) in [6, 6.07) is 18.8. The maximum Gasteiger partial charge on any atom is 0.222 e. The van der Waals surface area contributed by atoms with Gasteiger partial charge in [-0.2, -0.15) is 5.10 Å². The summed E-state index contributed by atoms with van der Waals surface area (Å²) in [4.78, 5) is 2.39. The van der Waals surface area contributed by atoms with Crippen molar-refractivity contribution in [2.45, 2.75) is 51.3 Å². The number of aromatic nitrogens is 2. The van der Waals surface area contributed by atoms with Crippen molar-refractivity contribution in [3.63, 3.8) is 0 Å². The quantitative estimate of drug-likeness (QED) is 0.409. The number of ether oxygens (including phenoxy) is 1. The van der Waals surface area contributed by atoms with Crippen LogP contribution in [0.5, 0.6) is 11.6 Å². The van der Waals surface area contributed by atoms with Crippen LogP contribution in [0.25, 0.3) is 11.3 Å². The van der Waals surface area contributed by atoms with Gasteiger partial charge >= 0.3 is 0 Å². The summed E-state index contributed by atoms with van der Waals surface area (Å²) in [5.74, 6) is 1.55. The highest BCUT2D eigenvalue weighted by Gasteiger charge is 2.32. The van der Waals surface area contributed by atoms with Gasteiger partial charge in [-0.25, -0.2) is 4.68 Å². The summed E-state index contributed by atoms with van der Waals surface area (Å²) >= 11 is 0. The summed E-state index contributed by atoms with van der Waals surface area (Å²) in [6.45, 7) is 7.18. The summed E-state index contributed by atoms with van der Waals surface area (Å²) in [7, 11) is 1.93. The molecule has 0 spiro atoms. The fourth-order valence-electron chi connectivity index (χ4n) is 4.10. The fourth-order valence-corrected chi connectivity index (χ4v) is 4.10. The van der Waals surface area contributed by atoms with Crippen molar-refractivity contribution in [3.8, 4) is 22.9 Å². The molecule has 1 fully saturated rings. The third-order valence-corrected chi connectivity index (χ3v) is 5.91. The third kappa shape index (κ3) is 5.47. The van der Waals surface area contributed by atoms with Crippen molar-refractivity contribution in [2.24, 2.45) is 7.05 Å². The number of hydrogen-bond acceptors (Lipinski definition) is 4. The molecule has 168 valence electrons. The first-order valence-electron chi connectivity index (χ1n) is 11.4. The van der Waals surface area contributed by atoms with Gasteiger partial charge in [0.15, 0.2) is 0 Å². The van der Waals surface area contributed by atoms with Crippen LogP contribution in [0.2, 0.25) is 0 Å². The van der Waals surface area contributed by atoms with Crippen LogP contribution >= 0.6 is 0 Å². The highest BCUT2D eigenvalue weighted by Crippen LogP contribution is 2.37. The Labute approximate surface area is 191 Å². The van der Waals surface area contributed by atoms with Crippen molar-refractivity contribution in [2.75, 3.05) is 6.54 Å². The molecule has 0 unspecified atom stereocenters. The lowest BCUT2D eigenvalue weighted by Crippen LogP contribution is -2.34. The van der Waals surface area contributed by atoms with Gasteiger partial charge in [0, 0.05) is 31.7 Å². The maximum absolute atomic E-state index is 10.6. The number of hydrogen-bond donors (Lipinski definition) is 1. The zero-order valence-electron chi connectivity index (χ0n) is 19.1. The number of benzene rings is 2. The number of nitrogens with zero attached hydrogens (tertiary/aromatic N) is 3. The molecule has 1 aliphatic rings. The molecular weight excluding hydrogens is 398 g/mol. The smallest absolute Gasteiger partial charge is 0.222 e. The van der Waals surface area contributed by atoms with Crippen LogP contribution in [0.15, 0.2) is 67.3 Å². The molecular formula is C27H33N3O2. The molecule has 5 nitrogen and oxygen atoms in total. The second-order valence-corrected chi connectivity index (χ2v) is 8.72. The molecule has 0 radical (unpaired) electrons. The van der Waals surface area contributed by atoms with Crippen LogP contribution in [-0.2, 0) is 13.6 Å². The second kappa shape index (κ2) is 10.2. The lowest BCUT2D eigenvalue weighted by atomic mass is 10.1. The van der Waals surface area contributed by atoms with Gasteiger partial charge in [0.25, 0.3) is 0 Å². The Bertz CT molecular complexity index is 1040. The zero-order chi connectivity index (χ0) is 22.5. The van der Waals surface area contributed by atoms with Crippen molar-refractivity contribution in [1.82, 2.24) is 14.7 Å². The van der Waals surface area contributed by atoms with Gasteiger partial charge in [0.2, 0.25) is 5.88 Å². The molecule has 1 heterocycles. The molecule has 1 N–H and O–H groups in total. The highest BCUT2D eigenvalue weighted by atomic mass is 16.5. The van der Waals surface area contributed by atoms with Gasteiger partial charge in [-0.1, -0.05) is 48.5 Å². The SMILES string of the molecule is C=CCC[C@@H](O)CN(Cc1c(-c2ccccc2)nn(C)c1Oc1cccc(C)c1)C1CC1. The monoisotopic (exact) mass is 431 g/mol. The van der Waals surface area contributed by atoms with Gasteiger partial charge in [0.05, 0.1) is 11.7 Å². The Kier molecular flexibility index (Phi) is 7.08. The highest BCUT2D eigenvalue weighted by molar-refractivity contribution is 5.65. The summed E-state index contributed by atoms with van der Waals surface area (Å²) in [5, 5.41) is 15.4. The Morgan fingerprint density at radius 3 is 2.69 bits per heavy atom. The van der Waals surface area contributed by atoms with Crippen LogP contribution in [0, 0.1) is 6.92 Å². The molecule has 2 aromatic carbocycles. The van der Waals surface area contributed by atoms with E-state index in [9.17, 15) is 5.11 Å². The molecule has 1 atom stereocenters. The van der Waals surface area contributed by atoms with Crippen molar-refractivity contribution in [1.29, 1.82) is 0 Å². The molecule has 3 aromatic rings. The number of rotatable bonds is 11. The van der Waals surface area contributed by atoms with E-state index in [1.165, 1.54) is 12.8 Å². The molecule has 0 amide bonds. The van der Waals surface area contributed by atoms with Crippen LogP contribution in [0.1, 0.15) is 36.8 Å². The van der Waals surface area contributed by atoms with Crippen LogP contribution in [0.4, 0.5) is 0 Å². The topological polar surface area (TPSA) is 50.5 Å². The van der Waals surface area contributed by atoms with E-state index in [2.05, 4.69) is 36.6 Å². The normalized spacial score (nSPS) is 14.5. The van der Waals surface area contributed by atoms with E-state index in [0.717, 1.165) is 46.9 Å². The predicted octanol–water partition coefficient (Wildman–Crippen LogP) is 5.48. The fraction of sp³-hybridized carbons (Fsp3) is 0.370. The average molecular weight is 432 g/mol. The van der Waals surface area contributed by atoms with Crippen LogP contribution < -0.4 is 4.74 Å². The first-order valence-corrected chi connectivity index (χ1v) is 11.4. The summed E-state index contributed by atoms with van der Waals surface area (Å²) in [6.07, 6.45) is 5.40. The van der Waals surface area contributed by atoms with E-state index in [-0.39, 0.29) is 6.10 Å². The molecule has 1 aromatic heterocycles. The first kappa shape index (κ1) is 22.3. The molecule has 0 aliphatic heterocycles. The second-order valence-electron chi connectivity index (χ2n) is 8.72. The number of allylic oxidation sites excluding steroid dienone is 1. The largest absolute Gasteiger partial charge is 0.439 e. The Morgan fingerprint density at radius 1 is 1.22 bits per heavy atom. The summed E-state index contributed by atoms with van der Waals surface area (Å²) < 4.78 is 8.22. The predicted molar refractivity (Wildman–Crippen MR) is 129 cm³/mol. The van der Waals surface area contributed by atoms with E-state index in [0.29, 0.717) is 19.1 Å². The number of aryl methyl sites for hydroxylation is 2. The lowest BCUT2D eigenvalue weighted by Gasteiger charge is -2.25. The van der Waals surface area contributed by atoms with Gasteiger partial charge in [-0.3, -0.25) is 4.90 Å². The minimum absolute atomic E-state index is 0.369. The third-order valence-electron chi connectivity index (χ3n) is 5.91. The number of aliphatic hydroxyl groups excluding tert-OH is 1. The van der Waals surface area contributed by atoms with Crippen molar-refractivity contribution in [3.05, 3.63) is 78.4 Å². The Morgan fingerprint density at radius 2 is 2.00 bits per heavy atom. The maximum atomic E-state index is 10.6.